The summed E-state index contributed by atoms with van der Waals surface area (Å²) in [6.07, 6.45) is 3.28. The fourth-order valence-corrected chi connectivity index (χ4v) is 5.33. The third kappa shape index (κ3) is 4.46. The Bertz CT molecular complexity index is 1310. The summed E-state index contributed by atoms with van der Waals surface area (Å²) in [5, 5.41) is 4.89. The lowest BCUT2D eigenvalue weighted by Crippen LogP contribution is -2.41. The standard InChI is InChI=1S/C22H26N6O4S/c1-14(2)28-20-19(13-23-28)18(12-15(3)24-20)22(30)26-25-21(29)16-6-8-17(9-7-16)33(31,32)27-10-4-5-11-27/h6-9,12-14H,4-5,10-11H2,1-3H3,(H,25,29)(H,26,30). The van der Waals surface area contributed by atoms with Gasteiger partial charge in [-0.1, -0.05) is 0 Å². The molecule has 2 N–H and O–H groups in total. The Morgan fingerprint density at radius 3 is 2.30 bits per heavy atom. The van der Waals surface area contributed by atoms with E-state index in [9.17, 15) is 18.0 Å². The zero-order valence-corrected chi connectivity index (χ0v) is 19.5. The number of carbonyl (C=O) groups is 2. The number of hydrogen-bond acceptors (Lipinski definition) is 6. The van der Waals surface area contributed by atoms with E-state index in [-0.39, 0.29) is 16.5 Å². The average molecular weight is 471 g/mol. The number of nitrogens with one attached hydrogen (secondary N) is 2. The number of hydrazine groups is 1. The second-order valence-corrected chi connectivity index (χ2v) is 10.2. The van der Waals surface area contributed by atoms with Gasteiger partial charge in [-0.15, -0.1) is 0 Å². The van der Waals surface area contributed by atoms with Crippen LogP contribution in [0.1, 0.15) is 59.1 Å². The molecule has 11 heteroatoms. The lowest BCUT2D eigenvalue weighted by molar-refractivity contribution is 0.0847. The molecule has 4 rings (SSSR count). The first-order chi connectivity index (χ1) is 15.7. The molecule has 0 unspecified atom stereocenters. The van der Waals surface area contributed by atoms with Crippen molar-refractivity contribution in [2.24, 2.45) is 0 Å². The minimum absolute atomic E-state index is 0.0738. The Hall–Kier alpha value is -3.31. The van der Waals surface area contributed by atoms with Crippen LogP contribution in [-0.4, -0.2) is 52.4 Å². The van der Waals surface area contributed by atoms with Crippen molar-refractivity contribution in [2.75, 3.05) is 13.1 Å². The van der Waals surface area contributed by atoms with Gasteiger partial charge in [0.1, 0.15) is 0 Å². The van der Waals surface area contributed by atoms with E-state index < -0.39 is 21.8 Å². The maximum Gasteiger partial charge on any atom is 0.270 e. The maximum atomic E-state index is 12.8. The predicted octanol–water partition coefficient (Wildman–Crippen LogP) is 2.18. The van der Waals surface area contributed by atoms with Crippen LogP contribution < -0.4 is 10.9 Å². The number of carbonyl (C=O) groups excluding carboxylic acids is 2. The summed E-state index contributed by atoms with van der Waals surface area (Å²) in [7, 11) is -3.55. The first-order valence-corrected chi connectivity index (χ1v) is 12.2. The first kappa shape index (κ1) is 22.9. The number of sulfonamides is 1. The van der Waals surface area contributed by atoms with Gasteiger partial charge in [-0.2, -0.15) is 9.40 Å². The summed E-state index contributed by atoms with van der Waals surface area (Å²) in [6.45, 7) is 6.74. The lowest BCUT2D eigenvalue weighted by atomic mass is 10.1. The van der Waals surface area contributed by atoms with Crippen molar-refractivity contribution in [2.45, 2.75) is 44.6 Å². The maximum absolute atomic E-state index is 12.8. The predicted molar refractivity (Wildman–Crippen MR) is 122 cm³/mol. The summed E-state index contributed by atoms with van der Waals surface area (Å²) in [5.74, 6) is -1.07. The summed E-state index contributed by atoms with van der Waals surface area (Å²) < 4.78 is 28.4. The number of benzene rings is 1. The molecule has 0 bridgehead atoms. The fourth-order valence-electron chi connectivity index (χ4n) is 3.82. The van der Waals surface area contributed by atoms with Gasteiger partial charge in [-0.3, -0.25) is 20.4 Å². The van der Waals surface area contributed by atoms with Gasteiger partial charge in [0.15, 0.2) is 5.65 Å². The molecule has 0 atom stereocenters. The highest BCUT2D eigenvalue weighted by Crippen LogP contribution is 2.22. The topological polar surface area (TPSA) is 126 Å². The molecular formula is C22H26N6O4S. The van der Waals surface area contributed by atoms with Crippen molar-refractivity contribution >= 4 is 32.9 Å². The second kappa shape index (κ2) is 8.91. The van der Waals surface area contributed by atoms with Gasteiger partial charge in [-0.05, 0) is 63.9 Å². The van der Waals surface area contributed by atoms with Crippen molar-refractivity contribution < 1.29 is 18.0 Å². The van der Waals surface area contributed by atoms with Gasteiger partial charge >= 0.3 is 0 Å². The van der Waals surface area contributed by atoms with Crippen LogP contribution in [0.15, 0.2) is 41.4 Å². The molecule has 0 radical (unpaired) electrons. The van der Waals surface area contributed by atoms with Gasteiger partial charge < -0.3 is 0 Å². The molecule has 1 aliphatic heterocycles. The molecule has 0 aliphatic carbocycles. The number of pyridine rings is 1. The molecule has 10 nitrogen and oxygen atoms in total. The van der Waals surface area contributed by atoms with Gasteiger partial charge in [0.25, 0.3) is 11.8 Å². The molecule has 1 aliphatic rings. The van der Waals surface area contributed by atoms with Crippen molar-refractivity contribution in [3.63, 3.8) is 0 Å². The molecular weight excluding hydrogens is 444 g/mol. The first-order valence-electron chi connectivity index (χ1n) is 10.7. The fraction of sp³-hybridized carbons (Fsp3) is 0.364. The molecule has 1 aromatic carbocycles. The van der Waals surface area contributed by atoms with Crippen LogP contribution in [0, 0.1) is 6.92 Å². The highest BCUT2D eigenvalue weighted by molar-refractivity contribution is 7.89. The smallest absolute Gasteiger partial charge is 0.267 e. The highest BCUT2D eigenvalue weighted by Gasteiger charge is 2.27. The molecule has 2 amide bonds. The van der Waals surface area contributed by atoms with Gasteiger partial charge in [0.2, 0.25) is 10.0 Å². The molecule has 0 spiro atoms. The van der Waals surface area contributed by atoms with Gasteiger partial charge in [-0.25, -0.2) is 18.1 Å². The Kier molecular flexibility index (Phi) is 6.17. The summed E-state index contributed by atoms with van der Waals surface area (Å²) >= 11 is 0. The van der Waals surface area contributed by atoms with E-state index in [0.717, 1.165) is 12.8 Å². The number of aromatic nitrogens is 3. The van der Waals surface area contributed by atoms with Crippen LogP contribution in [0.2, 0.25) is 0 Å². The lowest BCUT2D eigenvalue weighted by Gasteiger charge is -2.15. The Balaban J connectivity index is 1.46. The molecule has 174 valence electrons. The number of hydrogen-bond donors (Lipinski definition) is 2. The van der Waals surface area contributed by atoms with Crippen molar-refractivity contribution in [1.82, 2.24) is 29.9 Å². The van der Waals surface area contributed by atoms with Gasteiger partial charge in [0, 0.05) is 30.4 Å². The number of rotatable bonds is 5. The molecule has 1 saturated heterocycles. The number of nitrogens with zero attached hydrogens (tertiary/aromatic N) is 4. The van der Waals surface area contributed by atoms with Gasteiger partial charge in [0.05, 0.1) is 22.0 Å². The molecule has 33 heavy (non-hydrogen) atoms. The molecule has 1 fully saturated rings. The van der Waals surface area contributed by atoms with Crippen LogP contribution in [-0.2, 0) is 10.0 Å². The third-order valence-electron chi connectivity index (χ3n) is 5.54. The van der Waals surface area contributed by atoms with Crippen LogP contribution in [0.5, 0.6) is 0 Å². The number of amides is 2. The Labute approximate surface area is 192 Å². The van der Waals surface area contributed by atoms with Crippen molar-refractivity contribution in [3.05, 3.63) is 53.3 Å². The minimum atomic E-state index is -3.55. The van der Waals surface area contributed by atoms with E-state index in [4.69, 9.17) is 0 Å². The molecule has 3 aromatic rings. The average Bonchev–Trinajstić information content (AvgIpc) is 3.47. The van der Waals surface area contributed by atoms with Crippen LogP contribution in [0.3, 0.4) is 0 Å². The Morgan fingerprint density at radius 2 is 1.67 bits per heavy atom. The highest BCUT2D eigenvalue weighted by atomic mass is 32.2. The van der Waals surface area contributed by atoms with Crippen molar-refractivity contribution in [1.29, 1.82) is 0 Å². The summed E-state index contributed by atoms with van der Waals surface area (Å²) in [5.41, 5.74) is 6.60. The molecule has 2 aromatic heterocycles. The zero-order valence-electron chi connectivity index (χ0n) is 18.7. The Morgan fingerprint density at radius 1 is 1.03 bits per heavy atom. The number of aryl methyl sites for hydroxylation is 1. The normalized spacial score (nSPS) is 14.7. The van der Waals surface area contributed by atoms with E-state index in [1.54, 1.807) is 23.9 Å². The zero-order chi connectivity index (χ0) is 23.8. The van der Waals surface area contributed by atoms with E-state index in [0.29, 0.717) is 35.4 Å². The third-order valence-corrected chi connectivity index (χ3v) is 7.45. The van der Waals surface area contributed by atoms with E-state index >= 15 is 0 Å². The SMILES string of the molecule is Cc1cc(C(=O)NNC(=O)c2ccc(S(=O)(=O)N3CCCC3)cc2)c2cnn(C(C)C)c2n1. The number of fused-ring (bicyclic) bond motifs is 1. The van der Waals surface area contributed by atoms with E-state index in [1.165, 1.54) is 28.6 Å². The van der Waals surface area contributed by atoms with E-state index in [1.807, 2.05) is 13.8 Å². The van der Waals surface area contributed by atoms with Crippen LogP contribution in [0.25, 0.3) is 11.0 Å². The summed E-state index contributed by atoms with van der Waals surface area (Å²) in [4.78, 5) is 29.9. The molecule has 3 heterocycles. The molecule has 0 saturated carbocycles. The summed E-state index contributed by atoms with van der Waals surface area (Å²) in [6, 6.07) is 7.36. The van der Waals surface area contributed by atoms with Crippen molar-refractivity contribution in [3.8, 4) is 0 Å². The van der Waals surface area contributed by atoms with Crippen LogP contribution in [0.4, 0.5) is 0 Å². The van der Waals surface area contributed by atoms with E-state index in [2.05, 4.69) is 20.9 Å². The second-order valence-electron chi connectivity index (χ2n) is 8.28. The monoisotopic (exact) mass is 470 g/mol. The minimum Gasteiger partial charge on any atom is -0.267 e. The quantitative estimate of drug-likeness (QED) is 0.551. The largest absolute Gasteiger partial charge is 0.270 e. The van der Waals surface area contributed by atoms with Crippen LogP contribution >= 0.6 is 0 Å².